The summed E-state index contributed by atoms with van der Waals surface area (Å²) in [5, 5.41) is 3.02. The first-order valence-corrected chi connectivity index (χ1v) is 7.74. The SMILES string of the molecule is CC(NC(=O)C1CNNC1c1ccccc1)c1ccc(F)cc1. The first-order valence-electron chi connectivity index (χ1n) is 7.74. The van der Waals surface area contributed by atoms with Crippen molar-refractivity contribution >= 4 is 5.91 Å². The highest BCUT2D eigenvalue weighted by atomic mass is 19.1. The van der Waals surface area contributed by atoms with Crippen molar-refractivity contribution in [2.75, 3.05) is 6.54 Å². The van der Waals surface area contributed by atoms with Gasteiger partial charge in [-0.15, -0.1) is 0 Å². The quantitative estimate of drug-likeness (QED) is 0.813. The number of nitrogens with one attached hydrogen (secondary N) is 3. The largest absolute Gasteiger partial charge is 0.349 e. The Labute approximate surface area is 135 Å². The van der Waals surface area contributed by atoms with Gasteiger partial charge in [-0.3, -0.25) is 10.2 Å². The van der Waals surface area contributed by atoms with E-state index < -0.39 is 0 Å². The number of rotatable bonds is 4. The molecule has 120 valence electrons. The summed E-state index contributed by atoms with van der Waals surface area (Å²) in [5.74, 6) is -0.492. The molecule has 3 rings (SSSR count). The third-order valence-corrected chi connectivity index (χ3v) is 4.21. The van der Waals surface area contributed by atoms with Gasteiger partial charge in [0.1, 0.15) is 5.82 Å². The van der Waals surface area contributed by atoms with Crippen LogP contribution in [0.4, 0.5) is 4.39 Å². The first kappa shape index (κ1) is 15.6. The fourth-order valence-corrected chi connectivity index (χ4v) is 2.87. The topological polar surface area (TPSA) is 53.2 Å². The molecule has 0 radical (unpaired) electrons. The zero-order valence-corrected chi connectivity index (χ0v) is 12.9. The van der Waals surface area contributed by atoms with Gasteiger partial charge in [-0.25, -0.2) is 9.82 Å². The summed E-state index contributed by atoms with van der Waals surface area (Å²) in [5.41, 5.74) is 8.19. The lowest BCUT2D eigenvalue weighted by Gasteiger charge is -2.21. The Morgan fingerprint density at radius 1 is 1.17 bits per heavy atom. The molecule has 1 aliphatic heterocycles. The van der Waals surface area contributed by atoms with Gasteiger partial charge in [-0.1, -0.05) is 42.5 Å². The van der Waals surface area contributed by atoms with Gasteiger partial charge in [-0.05, 0) is 30.2 Å². The summed E-state index contributed by atoms with van der Waals surface area (Å²) >= 11 is 0. The number of hydrazine groups is 1. The van der Waals surface area contributed by atoms with Gasteiger partial charge in [-0.2, -0.15) is 0 Å². The van der Waals surface area contributed by atoms with Gasteiger partial charge in [0, 0.05) is 6.54 Å². The number of amides is 1. The van der Waals surface area contributed by atoms with E-state index in [4.69, 9.17) is 0 Å². The minimum atomic E-state index is -0.277. The smallest absolute Gasteiger partial charge is 0.226 e. The van der Waals surface area contributed by atoms with Gasteiger partial charge < -0.3 is 5.32 Å². The predicted octanol–water partition coefficient (Wildman–Crippen LogP) is 2.47. The van der Waals surface area contributed by atoms with Crippen LogP contribution in [0.2, 0.25) is 0 Å². The van der Waals surface area contributed by atoms with Gasteiger partial charge in [0.15, 0.2) is 0 Å². The Balaban J connectivity index is 1.68. The standard InChI is InChI=1S/C18H20FN3O/c1-12(13-7-9-15(19)10-8-13)21-18(23)16-11-20-22-17(16)14-5-3-2-4-6-14/h2-10,12,16-17,20,22H,11H2,1H3,(H,21,23). The van der Waals surface area contributed by atoms with Gasteiger partial charge in [0.05, 0.1) is 18.0 Å². The molecule has 1 heterocycles. The van der Waals surface area contributed by atoms with Crippen LogP contribution in [0.15, 0.2) is 54.6 Å². The summed E-state index contributed by atoms with van der Waals surface area (Å²) < 4.78 is 13.0. The predicted molar refractivity (Wildman–Crippen MR) is 86.8 cm³/mol. The van der Waals surface area contributed by atoms with E-state index in [1.807, 2.05) is 37.3 Å². The van der Waals surface area contributed by atoms with Gasteiger partial charge in [0.25, 0.3) is 0 Å². The first-order chi connectivity index (χ1) is 11.1. The second kappa shape index (κ2) is 6.89. The summed E-state index contributed by atoms with van der Waals surface area (Å²) in [6, 6.07) is 15.9. The van der Waals surface area contributed by atoms with E-state index in [0.29, 0.717) is 6.54 Å². The molecule has 4 nitrogen and oxygen atoms in total. The molecule has 3 N–H and O–H groups in total. The molecule has 23 heavy (non-hydrogen) atoms. The molecular formula is C18H20FN3O. The summed E-state index contributed by atoms with van der Waals surface area (Å²) in [7, 11) is 0. The molecule has 3 atom stereocenters. The van der Waals surface area contributed by atoms with Crippen LogP contribution in [-0.2, 0) is 4.79 Å². The van der Waals surface area contributed by atoms with Crippen molar-refractivity contribution < 1.29 is 9.18 Å². The van der Waals surface area contributed by atoms with Crippen molar-refractivity contribution in [2.45, 2.75) is 19.0 Å². The molecule has 3 unspecified atom stereocenters. The number of carbonyl (C=O) groups excluding carboxylic acids is 1. The second-order valence-corrected chi connectivity index (χ2v) is 5.80. The van der Waals surface area contributed by atoms with E-state index in [9.17, 15) is 9.18 Å². The Morgan fingerprint density at radius 2 is 1.87 bits per heavy atom. The maximum absolute atomic E-state index is 13.0. The molecule has 2 aromatic carbocycles. The molecule has 1 saturated heterocycles. The summed E-state index contributed by atoms with van der Waals surface area (Å²) in [6.45, 7) is 2.47. The second-order valence-electron chi connectivity index (χ2n) is 5.80. The normalized spacial score (nSPS) is 21.8. The van der Waals surface area contributed by atoms with E-state index in [1.165, 1.54) is 12.1 Å². The van der Waals surface area contributed by atoms with Crippen molar-refractivity contribution in [2.24, 2.45) is 5.92 Å². The van der Waals surface area contributed by atoms with Crippen molar-refractivity contribution in [1.82, 2.24) is 16.2 Å². The zero-order chi connectivity index (χ0) is 16.2. The molecule has 0 bridgehead atoms. The fourth-order valence-electron chi connectivity index (χ4n) is 2.87. The highest BCUT2D eigenvalue weighted by Gasteiger charge is 2.34. The zero-order valence-electron chi connectivity index (χ0n) is 12.9. The van der Waals surface area contributed by atoms with E-state index >= 15 is 0 Å². The third-order valence-electron chi connectivity index (χ3n) is 4.21. The van der Waals surface area contributed by atoms with Crippen LogP contribution in [0.25, 0.3) is 0 Å². The lowest BCUT2D eigenvalue weighted by molar-refractivity contribution is -0.125. The molecule has 0 aliphatic carbocycles. The Morgan fingerprint density at radius 3 is 2.57 bits per heavy atom. The van der Waals surface area contributed by atoms with Crippen molar-refractivity contribution in [3.8, 4) is 0 Å². The van der Waals surface area contributed by atoms with Crippen LogP contribution >= 0.6 is 0 Å². The fraction of sp³-hybridized carbons (Fsp3) is 0.278. The number of halogens is 1. The van der Waals surface area contributed by atoms with Crippen molar-refractivity contribution in [1.29, 1.82) is 0 Å². The number of hydrogen-bond acceptors (Lipinski definition) is 3. The maximum Gasteiger partial charge on any atom is 0.226 e. The van der Waals surface area contributed by atoms with Crippen LogP contribution < -0.4 is 16.2 Å². The Kier molecular flexibility index (Phi) is 4.69. The molecule has 2 aromatic rings. The van der Waals surface area contributed by atoms with Crippen LogP contribution in [0.3, 0.4) is 0 Å². The molecule has 0 aromatic heterocycles. The lowest BCUT2D eigenvalue weighted by atomic mass is 9.93. The van der Waals surface area contributed by atoms with Crippen molar-refractivity contribution in [3.05, 3.63) is 71.5 Å². The Hall–Kier alpha value is -2.24. The molecule has 5 heteroatoms. The van der Waals surface area contributed by atoms with Crippen LogP contribution in [-0.4, -0.2) is 12.5 Å². The average Bonchev–Trinajstić information content (AvgIpc) is 3.06. The van der Waals surface area contributed by atoms with Crippen molar-refractivity contribution in [3.63, 3.8) is 0 Å². The van der Waals surface area contributed by atoms with Crippen LogP contribution in [0.1, 0.15) is 30.1 Å². The van der Waals surface area contributed by atoms with Gasteiger partial charge >= 0.3 is 0 Å². The monoisotopic (exact) mass is 313 g/mol. The molecule has 0 spiro atoms. The number of benzene rings is 2. The minimum Gasteiger partial charge on any atom is -0.349 e. The van der Waals surface area contributed by atoms with Crippen LogP contribution in [0.5, 0.6) is 0 Å². The van der Waals surface area contributed by atoms with Crippen LogP contribution in [0, 0.1) is 11.7 Å². The summed E-state index contributed by atoms with van der Waals surface area (Å²) in [4.78, 5) is 12.6. The average molecular weight is 313 g/mol. The highest BCUT2D eigenvalue weighted by Crippen LogP contribution is 2.25. The van der Waals surface area contributed by atoms with E-state index in [1.54, 1.807) is 12.1 Å². The molecular weight excluding hydrogens is 293 g/mol. The van der Waals surface area contributed by atoms with Gasteiger partial charge in [0.2, 0.25) is 5.91 Å². The minimum absolute atomic E-state index is 0.0202. The summed E-state index contributed by atoms with van der Waals surface area (Å²) in [6.07, 6.45) is 0. The molecule has 1 fully saturated rings. The van der Waals surface area contributed by atoms with E-state index in [2.05, 4.69) is 16.2 Å². The maximum atomic E-state index is 13.0. The number of carbonyl (C=O) groups is 1. The Bertz CT molecular complexity index is 660. The van der Waals surface area contributed by atoms with E-state index in [0.717, 1.165) is 11.1 Å². The van der Waals surface area contributed by atoms with E-state index in [-0.39, 0.29) is 29.7 Å². The lowest BCUT2D eigenvalue weighted by Crippen LogP contribution is -2.36. The molecule has 1 aliphatic rings. The highest BCUT2D eigenvalue weighted by molar-refractivity contribution is 5.80. The third kappa shape index (κ3) is 3.57. The molecule has 1 amide bonds. The number of hydrogen-bond donors (Lipinski definition) is 3. The molecule has 0 saturated carbocycles.